The lowest BCUT2D eigenvalue weighted by Gasteiger charge is -2.35. The number of amides is 2. The monoisotopic (exact) mass is 460 g/mol. The number of ether oxygens (including phenoxy) is 2. The van der Waals surface area contributed by atoms with E-state index in [1.807, 2.05) is 65.6 Å². The number of methoxy groups -OCH3 is 1. The molecule has 0 saturated carbocycles. The summed E-state index contributed by atoms with van der Waals surface area (Å²) in [7, 11) is 1.63. The van der Waals surface area contributed by atoms with Gasteiger partial charge in [0.15, 0.2) is 5.69 Å². The van der Waals surface area contributed by atoms with E-state index in [9.17, 15) is 9.59 Å². The average molecular weight is 461 g/mol. The summed E-state index contributed by atoms with van der Waals surface area (Å²) in [4.78, 5) is 29.6. The number of nitrogens with zero attached hydrogens (tertiary/aromatic N) is 4. The summed E-state index contributed by atoms with van der Waals surface area (Å²) in [5.74, 6) is 0.676. The summed E-state index contributed by atoms with van der Waals surface area (Å²) in [6.07, 6.45) is 1.38. The molecule has 1 aromatic heterocycles. The third-order valence-corrected chi connectivity index (χ3v) is 6.40. The molecule has 1 unspecified atom stereocenters. The maximum Gasteiger partial charge on any atom is 0.274 e. The van der Waals surface area contributed by atoms with Gasteiger partial charge in [-0.05, 0) is 55.3 Å². The Morgan fingerprint density at radius 3 is 2.32 bits per heavy atom. The summed E-state index contributed by atoms with van der Waals surface area (Å²) >= 11 is 0. The lowest BCUT2D eigenvalue weighted by Crippen LogP contribution is -2.52. The number of benzene rings is 2. The maximum atomic E-state index is 13.4. The van der Waals surface area contributed by atoms with Gasteiger partial charge < -0.3 is 19.3 Å². The van der Waals surface area contributed by atoms with Crippen molar-refractivity contribution in [2.45, 2.75) is 18.9 Å². The maximum absolute atomic E-state index is 13.4. The van der Waals surface area contributed by atoms with Crippen LogP contribution in [0.5, 0.6) is 5.75 Å². The predicted molar refractivity (Wildman–Crippen MR) is 127 cm³/mol. The van der Waals surface area contributed by atoms with Gasteiger partial charge in [0.2, 0.25) is 0 Å². The van der Waals surface area contributed by atoms with Crippen LogP contribution in [0.3, 0.4) is 0 Å². The van der Waals surface area contributed by atoms with Crippen molar-refractivity contribution in [2.75, 3.05) is 39.9 Å². The molecule has 5 rings (SSSR count). The van der Waals surface area contributed by atoms with Crippen molar-refractivity contribution in [3.63, 3.8) is 0 Å². The molecule has 2 aliphatic heterocycles. The first-order valence-electron chi connectivity index (χ1n) is 11.6. The van der Waals surface area contributed by atoms with Crippen LogP contribution in [-0.4, -0.2) is 77.4 Å². The number of hydrogen-bond acceptors (Lipinski definition) is 5. The highest BCUT2D eigenvalue weighted by Crippen LogP contribution is 2.27. The summed E-state index contributed by atoms with van der Waals surface area (Å²) < 4.78 is 12.6. The molecule has 8 heteroatoms. The molecule has 0 aliphatic carbocycles. The lowest BCUT2D eigenvalue weighted by molar-refractivity contribution is -0.142. The molecule has 0 spiro atoms. The minimum Gasteiger partial charge on any atom is -0.497 e. The van der Waals surface area contributed by atoms with Crippen LogP contribution in [-0.2, 0) is 9.53 Å². The van der Waals surface area contributed by atoms with Crippen molar-refractivity contribution >= 4 is 11.8 Å². The second-order valence-corrected chi connectivity index (χ2v) is 8.51. The number of hydrogen-bond donors (Lipinski definition) is 0. The van der Waals surface area contributed by atoms with Crippen molar-refractivity contribution in [3.05, 3.63) is 66.4 Å². The first kappa shape index (κ1) is 22.2. The highest BCUT2D eigenvalue weighted by Gasteiger charge is 2.32. The number of carbonyl (C=O) groups is 2. The molecular weight excluding hydrogens is 432 g/mol. The van der Waals surface area contributed by atoms with Gasteiger partial charge in [0.05, 0.1) is 18.5 Å². The fourth-order valence-corrected chi connectivity index (χ4v) is 4.49. The van der Waals surface area contributed by atoms with E-state index in [0.717, 1.165) is 35.5 Å². The Bertz CT molecular complexity index is 1150. The van der Waals surface area contributed by atoms with Gasteiger partial charge in [-0.25, -0.2) is 4.68 Å². The fraction of sp³-hybridized carbons (Fsp3) is 0.346. The van der Waals surface area contributed by atoms with E-state index in [4.69, 9.17) is 9.47 Å². The summed E-state index contributed by atoms with van der Waals surface area (Å²) in [6, 6.07) is 19.3. The van der Waals surface area contributed by atoms with Gasteiger partial charge in [0.25, 0.3) is 11.8 Å². The van der Waals surface area contributed by atoms with Gasteiger partial charge in [-0.2, -0.15) is 5.10 Å². The molecule has 3 heterocycles. The van der Waals surface area contributed by atoms with Gasteiger partial charge in [0.1, 0.15) is 11.9 Å². The number of para-hydroxylation sites is 1. The zero-order chi connectivity index (χ0) is 23.5. The van der Waals surface area contributed by atoms with E-state index >= 15 is 0 Å². The van der Waals surface area contributed by atoms with Gasteiger partial charge in [0, 0.05) is 38.3 Å². The second-order valence-electron chi connectivity index (χ2n) is 8.51. The highest BCUT2D eigenvalue weighted by atomic mass is 16.5. The first-order valence-corrected chi connectivity index (χ1v) is 11.6. The van der Waals surface area contributed by atoms with E-state index in [-0.39, 0.29) is 17.9 Å². The number of aromatic nitrogens is 2. The smallest absolute Gasteiger partial charge is 0.274 e. The topological polar surface area (TPSA) is 76.9 Å². The fourth-order valence-electron chi connectivity index (χ4n) is 4.49. The Hall–Kier alpha value is -3.65. The Morgan fingerprint density at radius 2 is 1.68 bits per heavy atom. The number of piperazine rings is 1. The summed E-state index contributed by atoms with van der Waals surface area (Å²) in [5, 5.41) is 4.69. The molecular formula is C26H28N4O4. The van der Waals surface area contributed by atoms with Crippen LogP contribution in [0.1, 0.15) is 23.3 Å². The summed E-state index contributed by atoms with van der Waals surface area (Å²) in [5.41, 5.74) is 3.01. The second kappa shape index (κ2) is 9.69. The largest absolute Gasteiger partial charge is 0.497 e. The van der Waals surface area contributed by atoms with Gasteiger partial charge in [-0.15, -0.1) is 0 Å². The molecule has 3 aromatic rings. The Kier molecular flexibility index (Phi) is 6.31. The average Bonchev–Trinajstić information content (AvgIpc) is 3.59. The molecule has 8 nitrogen and oxygen atoms in total. The molecule has 2 fully saturated rings. The Morgan fingerprint density at radius 1 is 0.971 bits per heavy atom. The minimum absolute atomic E-state index is 0.0414. The van der Waals surface area contributed by atoms with E-state index in [1.165, 1.54) is 0 Å². The molecule has 0 N–H and O–H groups in total. The van der Waals surface area contributed by atoms with Crippen molar-refractivity contribution < 1.29 is 19.1 Å². The van der Waals surface area contributed by atoms with E-state index < -0.39 is 0 Å². The Balaban J connectivity index is 1.36. The molecule has 34 heavy (non-hydrogen) atoms. The Labute approximate surface area is 198 Å². The van der Waals surface area contributed by atoms with Crippen molar-refractivity contribution in [3.8, 4) is 22.7 Å². The number of carbonyl (C=O) groups excluding carboxylic acids is 2. The summed E-state index contributed by atoms with van der Waals surface area (Å²) in [6.45, 7) is 2.63. The van der Waals surface area contributed by atoms with E-state index in [0.29, 0.717) is 38.5 Å². The van der Waals surface area contributed by atoms with Crippen LogP contribution in [0, 0.1) is 0 Å². The first-order chi connectivity index (χ1) is 16.6. The van der Waals surface area contributed by atoms with Crippen LogP contribution in [0.25, 0.3) is 16.9 Å². The molecule has 0 bridgehead atoms. The van der Waals surface area contributed by atoms with Crippen LogP contribution >= 0.6 is 0 Å². The standard InChI is InChI=1S/C26H28N4O4/c1-33-21-11-9-19(10-12-21)23-18-22(27-30(23)20-6-3-2-4-7-20)25(31)28-13-15-29(16-14-28)26(32)24-8-5-17-34-24/h2-4,6-7,9-12,18,24H,5,8,13-17H2,1H3. The highest BCUT2D eigenvalue weighted by molar-refractivity contribution is 5.94. The molecule has 2 saturated heterocycles. The van der Waals surface area contributed by atoms with Crippen LogP contribution in [0.2, 0.25) is 0 Å². The SMILES string of the molecule is COc1ccc(-c2cc(C(=O)N3CCN(C(=O)C4CCCO4)CC3)nn2-c2ccccc2)cc1. The molecule has 1 atom stereocenters. The third kappa shape index (κ3) is 4.41. The van der Waals surface area contributed by atoms with Gasteiger partial charge in [-0.3, -0.25) is 9.59 Å². The molecule has 2 amide bonds. The molecule has 2 aliphatic rings. The van der Waals surface area contributed by atoms with Gasteiger partial charge in [-0.1, -0.05) is 18.2 Å². The molecule has 176 valence electrons. The zero-order valence-corrected chi connectivity index (χ0v) is 19.2. The quantitative estimate of drug-likeness (QED) is 0.585. The lowest BCUT2D eigenvalue weighted by atomic mass is 10.1. The van der Waals surface area contributed by atoms with Crippen molar-refractivity contribution in [1.29, 1.82) is 0 Å². The zero-order valence-electron chi connectivity index (χ0n) is 19.2. The number of rotatable bonds is 5. The predicted octanol–water partition coefficient (Wildman–Crippen LogP) is 3.01. The van der Waals surface area contributed by atoms with E-state index in [2.05, 4.69) is 5.10 Å². The van der Waals surface area contributed by atoms with Crippen molar-refractivity contribution in [2.24, 2.45) is 0 Å². The van der Waals surface area contributed by atoms with Crippen molar-refractivity contribution in [1.82, 2.24) is 19.6 Å². The molecule has 2 aromatic carbocycles. The normalized spacial score (nSPS) is 18.2. The van der Waals surface area contributed by atoms with Crippen LogP contribution < -0.4 is 4.74 Å². The third-order valence-electron chi connectivity index (χ3n) is 6.40. The van der Waals surface area contributed by atoms with Crippen LogP contribution in [0.4, 0.5) is 0 Å². The minimum atomic E-state index is -0.323. The van der Waals surface area contributed by atoms with Gasteiger partial charge >= 0.3 is 0 Å². The van der Waals surface area contributed by atoms with Crippen LogP contribution in [0.15, 0.2) is 60.7 Å². The molecule has 0 radical (unpaired) electrons. The van der Waals surface area contributed by atoms with E-state index in [1.54, 1.807) is 16.7 Å².